The van der Waals surface area contributed by atoms with Crippen LogP contribution < -0.4 is 4.74 Å². The Morgan fingerprint density at radius 2 is 2.00 bits per heavy atom. The number of ketones is 1. The average molecular weight is 276 g/mol. The topological polar surface area (TPSA) is 59.2 Å². The first-order valence-electron chi connectivity index (χ1n) is 5.78. The van der Waals surface area contributed by atoms with Gasteiger partial charge < -0.3 is 9.72 Å². The van der Waals surface area contributed by atoms with E-state index >= 15 is 0 Å². The summed E-state index contributed by atoms with van der Waals surface area (Å²) >= 11 is 5.79. The zero-order chi connectivity index (χ0) is 13.6. The minimum absolute atomic E-state index is 0.139. The molecule has 96 valence electrons. The number of hydrogen-bond acceptors (Lipinski definition) is 3. The molecule has 0 bridgehead atoms. The Labute approximate surface area is 114 Å². The molecular weight excluding hydrogens is 266 g/mol. The standard InChI is InChI=1S/C14H10ClNO3/c1-7-12(16-10-6-11(17)19-14(7)10)13(18)8-2-4-9(15)5-3-8/h2-5,16H,6H2,1H3. The van der Waals surface area contributed by atoms with E-state index in [0.29, 0.717) is 33.3 Å². The van der Waals surface area contributed by atoms with E-state index in [1.165, 1.54) is 0 Å². The number of carbonyl (C=O) groups is 2. The highest BCUT2D eigenvalue weighted by Gasteiger charge is 2.29. The first kappa shape index (κ1) is 12.0. The van der Waals surface area contributed by atoms with Crippen LogP contribution in [-0.4, -0.2) is 16.7 Å². The van der Waals surface area contributed by atoms with Crippen LogP contribution in [0.2, 0.25) is 5.02 Å². The molecule has 0 unspecified atom stereocenters. The number of fused-ring (bicyclic) bond motifs is 1. The van der Waals surface area contributed by atoms with Gasteiger partial charge in [-0.2, -0.15) is 0 Å². The molecule has 0 amide bonds. The summed E-state index contributed by atoms with van der Waals surface area (Å²) in [6.45, 7) is 1.76. The molecule has 3 rings (SSSR count). The van der Waals surface area contributed by atoms with Gasteiger partial charge in [-0.15, -0.1) is 0 Å². The van der Waals surface area contributed by atoms with Gasteiger partial charge in [0.05, 0.1) is 17.8 Å². The number of halogens is 1. The fourth-order valence-electron chi connectivity index (χ4n) is 2.17. The first-order valence-corrected chi connectivity index (χ1v) is 6.16. The van der Waals surface area contributed by atoms with E-state index in [-0.39, 0.29) is 18.2 Å². The summed E-state index contributed by atoms with van der Waals surface area (Å²) in [4.78, 5) is 26.5. The van der Waals surface area contributed by atoms with Crippen molar-refractivity contribution in [2.75, 3.05) is 0 Å². The van der Waals surface area contributed by atoms with Gasteiger partial charge in [-0.25, -0.2) is 0 Å². The Morgan fingerprint density at radius 1 is 1.32 bits per heavy atom. The molecule has 0 saturated heterocycles. The lowest BCUT2D eigenvalue weighted by molar-refractivity contribution is -0.131. The second-order valence-electron chi connectivity index (χ2n) is 4.42. The summed E-state index contributed by atoms with van der Waals surface area (Å²) < 4.78 is 5.08. The smallest absolute Gasteiger partial charge is 0.317 e. The number of aromatic amines is 1. The van der Waals surface area contributed by atoms with Crippen LogP contribution in [0.5, 0.6) is 5.75 Å². The van der Waals surface area contributed by atoms with Crippen molar-refractivity contribution in [3.63, 3.8) is 0 Å². The van der Waals surface area contributed by atoms with Crippen LogP contribution in [0.1, 0.15) is 27.3 Å². The summed E-state index contributed by atoms with van der Waals surface area (Å²) in [5.41, 5.74) is 2.33. The monoisotopic (exact) mass is 275 g/mol. The van der Waals surface area contributed by atoms with Gasteiger partial charge in [0, 0.05) is 16.1 Å². The minimum Gasteiger partial charge on any atom is -0.424 e. The van der Waals surface area contributed by atoms with Gasteiger partial charge in [-0.1, -0.05) is 11.6 Å². The zero-order valence-corrected chi connectivity index (χ0v) is 10.9. The Balaban J connectivity index is 2.00. The molecule has 0 aliphatic carbocycles. The van der Waals surface area contributed by atoms with Crippen molar-refractivity contribution in [1.82, 2.24) is 4.98 Å². The van der Waals surface area contributed by atoms with Gasteiger partial charge in [0.25, 0.3) is 0 Å². The van der Waals surface area contributed by atoms with Gasteiger partial charge in [-0.05, 0) is 31.2 Å². The van der Waals surface area contributed by atoms with Crippen LogP contribution in [0.3, 0.4) is 0 Å². The second kappa shape index (κ2) is 4.24. The van der Waals surface area contributed by atoms with Crippen LogP contribution in [0.25, 0.3) is 0 Å². The third-order valence-electron chi connectivity index (χ3n) is 3.14. The predicted molar refractivity (Wildman–Crippen MR) is 69.8 cm³/mol. The molecule has 1 aromatic carbocycles. The molecule has 0 atom stereocenters. The number of carbonyl (C=O) groups excluding carboxylic acids is 2. The first-order chi connectivity index (χ1) is 9.06. The molecule has 0 radical (unpaired) electrons. The fourth-order valence-corrected chi connectivity index (χ4v) is 2.30. The normalized spacial score (nSPS) is 13.3. The van der Waals surface area contributed by atoms with E-state index in [9.17, 15) is 9.59 Å². The van der Waals surface area contributed by atoms with Gasteiger partial charge in [0.2, 0.25) is 5.78 Å². The SMILES string of the molecule is Cc1c(C(=O)c2ccc(Cl)cc2)[nH]c2c1OC(=O)C2. The van der Waals surface area contributed by atoms with E-state index in [0.717, 1.165) is 0 Å². The van der Waals surface area contributed by atoms with Crippen molar-refractivity contribution in [1.29, 1.82) is 0 Å². The molecule has 19 heavy (non-hydrogen) atoms. The molecule has 1 aliphatic rings. The van der Waals surface area contributed by atoms with Gasteiger partial charge in [-0.3, -0.25) is 9.59 Å². The lowest BCUT2D eigenvalue weighted by Gasteiger charge is -2.02. The maximum atomic E-state index is 12.4. The molecule has 1 N–H and O–H groups in total. The van der Waals surface area contributed by atoms with Crippen molar-refractivity contribution >= 4 is 23.4 Å². The maximum absolute atomic E-state index is 12.4. The van der Waals surface area contributed by atoms with Crippen molar-refractivity contribution in [3.05, 3.63) is 51.8 Å². The Bertz CT molecular complexity index is 685. The quantitative estimate of drug-likeness (QED) is 0.677. The van der Waals surface area contributed by atoms with Crippen LogP contribution in [0.15, 0.2) is 24.3 Å². The van der Waals surface area contributed by atoms with Crippen LogP contribution in [0, 0.1) is 6.92 Å². The van der Waals surface area contributed by atoms with Crippen molar-refractivity contribution in [2.45, 2.75) is 13.3 Å². The lowest BCUT2D eigenvalue weighted by atomic mass is 10.1. The van der Waals surface area contributed by atoms with E-state index in [1.807, 2.05) is 0 Å². The maximum Gasteiger partial charge on any atom is 0.317 e. The minimum atomic E-state index is -0.296. The molecule has 2 aromatic rings. The van der Waals surface area contributed by atoms with Gasteiger partial charge in [0.1, 0.15) is 0 Å². The van der Waals surface area contributed by atoms with Crippen molar-refractivity contribution < 1.29 is 14.3 Å². The summed E-state index contributed by atoms with van der Waals surface area (Å²) in [5.74, 6) is 0.0526. The van der Waals surface area contributed by atoms with E-state index < -0.39 is 0 Å². The average Bonchev–Trinajstić information content (AvgIpc) is 2.88. The molecule has 1 aromatic heterocycles. The summed E-state index contributed by atoms with van der Waals surface area (Å²) in [6.07, 6.45) is 0.185. The highest BCUT2D eigenvalue weighted by atomic mass is 35.5. The molecule has 1 aliphatic heterocycles. The summed E-state index contributed by atoms with van der Waals surface area (Å²) in [7, 11) is 0. The van der Waals surface area contributed by atoms with Gasteiger partial charge >= 0.3 is 5.97 Å². The number of aromatic nitrogens is 1. The van der Waals surface area contributed by atoms with Crippen LogP contribution in [0.4, 0.5) is 0 Å². The number of rotatable bonds is 2. The zero-order valence-electron chi connectivity index (χ0n) is 10.1. The highest BCUT2D eigenvalue weighted by molar-refractivity contribution is 6.30. The molecule has 4 nitrogen and oxygen atoms in total. The second-order valence-corrected chi connectivity index (χ2v) is 4.86. The Hall–Kier alpha value is -2.07. The summed E-state index contributed by atoms with van der Waals surface area (Å²) in [5, 5.41) is 0.580. The number of nitrogens with one attached hydrogen (secondary N) is 1. The van der Waals surface area contributed by atoms with Crippen LogP contribution >= 0.6 is 11.6 Å². The fraction of sp³-hybridized carbons (Fsp3) is 0.143. The van der Waals surface area contributed by atoms with Gasteiger partial charge in [0.15, 0.2) is 5.75 Å². The molecule has 2 heterocycles. The third-order valence-corrected chi connectivity index (χ3v) is 3.39. The molecule has 5 heteroatoms. The van der Waals surface area contributed by atoms with Crippen LogP contribution in [-0.2, 0) is 11.2 Å². The molecule has 0 saturated carbocycles. The lowest BCUT2D eigenvalue weighted by Crippen LogP contribution is -2.07. The highest BCUT2D eigenvalue weighted by Crippen LogP contribution is 2.33. The Morgan fingerprint density at radius 3 is 2.63 bits per heavy atom. The van der Waals surface area contributed by atoms with Crippen molar-refractivity contribution in [3.8, 4) is 5.75 Å². The van der Waals surface area contributed by atoms with E-state index in [2.05, 4.69) is 4.98 Å². The number of H-pyrrole nitrogens is 1. The van der Waals surface area contributed by atoms with Crippen molar-refractivity contribution in [2.24, 2.45) is 0 Å². The van der Waals surface area contributed by atoms with E-state index in [1.54, 1.807) is 31.2 Å². The number of hydrogen-bond donors (Lipinski definition) is 1. The molecule has 0 fully saturated rings. The summed E-state index contributed by atoms with van der Waals surface area (Å²) in [6, 6.07) is 6.67. The number of benzene rings is 1. The number of esters is 1. The third kappa shape index (κ3) is 1.94. The molecular formula is C14H10ClNO3. The molecule has 0 spiro atoms. The Kier molecular flexibility index (Phi) is 2.68. The largest absolute Gasteiger partial charge is 0.424 e. The van der Waals surface area contributed by atoms with E-state index in [4.69, 9.17) is 16.3 Å². The predicted octanol–water partition coefficient (Wildman–Crippen LogP) is 2.67. The number of ether oxygens (including phenoxy) is 1.